The maximum Gasteiger partial charge on any atom is 0.168 e. The third kappa shape index (κ3) is 1.68. The van der Waals surface area contributed by atoms with E-state index in [2.05, 4.69) is 22.0 Å². The quantitative estimate of drug-likeness (QED) is 0.708. The Labute approximate surface area is 126 Å². The number of ether oxygens (including phenoxy) is 2. The molecule has 0 N–H and O–H groups in total. The van der Waals surface area contributed by atoms with Crippen molar-refractivity contribution in [3.05, 3.63) is 39.6 Å². The lowest BCUT2D eigenvalue weighted by Gasteiger charge is -2.42. The molecule has 1 heterocycles. The Hall–Kier alpha value is -0.710. The van der Waals surface area contributed by atoms with Gasteiger partial charge in [-0.1, -0.05) is 28.1 Å². The summed E-state index contributed by atoms with van der Waals surface area (Å²) in [5, 5.41) is 0. The zero-order chi connectivity index (χ0) is 13.8. The van der Waals surface area contributed by atoms with E-state index >= 15 is 0 Å². The van der Waals surface area contributed by atoms with Gasteiger partial charge in [0, 0.05) is 28.3 Å². The van der Waals surface area contributed by atoms with Gasteiger partial charge in [0.15, 0.2) is 5.79 Å². The van der Waals surface area contributed by atoms with Crippen molar-refractivity contribution in [3.8, 4) is 0 Å². The van der Waals surface area contributed by atoms with E-state index in [1.807, 2.05) is 12.1 Å². The van der Waals surface area contributed by atoms with Gasteiger partial charge in [0.25, 0.3) is 0 Å². The Morgan fingerprint density at radius 3 is 2.45 bits per heavy atom. The summed E-state index contributed by atoms with van der Waals surface area (Å²) in [6, 6.07) is 5.39. The molecular weight excluding hydrogens is 323 g/mol. The first-order valence-electron chi connectivity index (χ1n) is 7.10. The van der Waals surface area contributed by atoms with Gasteiger partial charge in [0.1, 0.15) is 5.82 Å². The van der Waals surface area contributed by atoms with E-state index in [0.29, 0.717) is 13.2 Å². The molecule has 1 saturated heterocycles. The zero-order valence-electron chi connectivity index (χ0n) is 11.1. The monoisotopic (exact) mass is 338 g/mol. The van der Waals surface area contributed by atoms with Gasteiger partial charge in [-0.2, -0.15) is 0 Å². The molecule has 3 aliphatic rings. The second kappa shape index (κ2) is 4.39. The third-order valence-corrected chi connectivity index (χ3v) is 5.96. The molecule has 0 unspecified atom stereocenters. The van der Waals surface area contributed by atoms with Gasteiger partial charge in [0.2, 0.25) is 0 Å². The predicted octanol–water partition coefficient (Wildman–Crippen LogP) is 4.13. The van der Waals surface area contributed by atoms with Crippen molar-refractivity contribution in [2.45, 2.75) is 36.9 Å². The van der Waals surface area contributed by atoms with Crippen molar-refractivity contribution in [1.29, 1.82) is 0 Å². The number of benzene rings is 1. The number of hydrogen-bond donors (Lipinski definition) is 0. The number of hydrogen-bond acceptors (Lipinski definition) is 2. The number of fused-ring (bicyclic) bond motifs is 2. The Morgan fingerprint density at radius 1 is 1.05 bits per heavy atom. The lowest BCUT2D eigenvalue weighted by atomic mass is 9.69. The fourth-order valence-corrected chi connectivity index (χ4v) is 4.69. The van der Waals surface area contributed by atoms with Crippen LogP contribution in [0.5, 0.6) is 0 Å². The van der Waals surface area contributed by atoms with Crippen LogP contribution in [0.4, 0.5) is 4.39 Å². The molecule has 20 heavy (non-hydrogen) atoms. The standard InChI is InChI=1S/C16H16BrFO2/c17-14-10-11-12(2-1-3-13(11)18)15(14)4-6-16(7-5-15)19-8-9-20-16/h1-3,10H,4-9H2. The first-order valence-corrected chi connectivity index (χ1v) is 7.89. The SMILES string of the molecule is Fc1cccc2c1C=C(Br)C21CCC2(CC1)OCCO2. The van der Waals surface area contributed by atoms with Crippen molar-refractivity contribution in [3.63, 3.8) is 0 Å². The fourth-order valence-electron chi connectivity index (χ4n) is 3.85. The summed E-state index contributed by atoms with van der Waals surface area (Å²) in [5.74, 6) is -0.515. The minimum Gasteiger partial charge on any atom is -0.348 e. The van der Waals surface area contributed by atoms with E-state index in [4.69, 9.17) is 9.47 Å². The summed E-state index contributed by atoms with van der Waals surface area (Å²) >= 11 is 3.68. The molecule has 0 amide bonds. The Kier molecular flexibility index (Phi) is 2.85. The van der Waals surface area contributed by atoms with E-state index in [-0.39, 0.29) is 17.0 Å². The van der Waals surface area contributed by atoms with E-state index in [1.54, 1.807) is 0 Å². The molecule has 0 bridgehead atoms. The minimum atomic E-state index is -0.380. The average Bonchev–Trinajstić information content (AvgIpc) is 3.00. The number of allylic oxidation sites excluding steroid dienone is 1. The number of rotatable bonds is 0. The summed E-state index contributed by atoms with van der Waals surface area (Å²) in [6.45, 7) is 1.38. The van der Waals surface area contributed by atoms with Gasteiger partial charge in [-0.05, 0) is 30.5 Å². The molecule has 0 radical (unpaired) electrons. The summed E-state index contributed by atoms with van der Waals surface area (Å²) in [4.78, 5) is 0. The molecule has 2 aliphatic carbocycles. The van der Waals surface area contributed by atoms with Crippen LogP contribution in [0.1, 0.15) is 36.8 Å². The second-order valence-electron chi connectivity index (χ2n) is 5.88. The molecule has 0 aromatic heterocycles. The summed E-state index contributed by atoms with van der Waals surface area (Å²) in [5.41, 5.74) is 1.76. The molecule has 2 fully saturated rings. The van der Waals surface area contributed by atoms with Crippen LogP contribution in [0.15, 0.2) is 22.7 Å². The zero-order valence-corrected chi connectivity index (χ0v) is 12.7. The number of halogens is 2. The van der Waals surface area contributed by atoms with Crippen LogP contribution in [0, 0.1) is 5.82 Å². The van der Waals surface area contributed by atoms with Crippen molar-refractivity contribution in [2.24, 2.45) is 0 Å². The minimum absolute atomic E-state index is 0.0853. The molecule has 2 spiro atoms. The van der Waals surface area contributed by atoms with Gasteiger partial charge in [-0.25, -0.2) is 4.39 Å². The lowest BCUT2D eigenvalue weighted by Crippen LogP contribution is -2.41. The Morgan fingerprint density at radius 2 is 1.75 bits per heavy atom. The maximum absolute atomic E-state index is 14.0. The topological polar surface area (TPSA) is 18.5 Å². The van der Waals surface area contributed by atoms with Crippen molar-refractivity contribution >= 4 is 22.0 Å². The van der Waals surface area contributed by atoms with E-state index in [1.165, 1.54) is 6.07 Å². The van der Waals surface area contributed by atoms with Crippen LogP contribution in [-0.2, 0) is 14.9 Å². The summed E-state index contributed by atoms with van der Waals surface area (Å²) in [6.07, 6.45) is 5.54. The van der Waals surface area contributed by atoms with Crippen molar-refractivity contribution < 1.29 is 13.9 Å². The van der Waals surface area contributed by atoms with Gasteiger partial charge >= 0.3 is 0 Å². The molecule has 1 aromatic rings. The van der Waals surface area contributed by atoms with E-state index < -0.39 is 0 Å². The van der Waals surface area contributed by atoms with Crippen LogP contribution in [-0.4, -0.2) is 19.0 Å². The lowest BCUT2D eigenvalue weighted by molar-refractivity contribution is -0.182. The maximum atomic E-state index is 14.0. The third-order valence-electron chi connectivity index (χ3n) is 4.98. The predicted molar refractivity (Wildman–Crippen MR) is 78.1 cm³/mol. The molecule has 2 nitrogen and oxygen atoms in total. The first kappa shape index (κ1) is 13.0. The average molecular weight is 339 g/mol. The van der Waals surface area contributed by atoms with E-state index in [0.717, 1.165) is 41.3 Å². The Bertz CT molecular complexity index is 580. The van der Waals surface area contributed by atoms with Crippen LogP contribution < -0.4 is 0 Å². The molecule has 106 valence electrons. The van der Waals surface area contributed by atoms with Gasteiger partial charge in [0.05, 0.1) is 13.2 Å². The van der Waals surface area contributed by atoms with Gasteiger partial charge < -0.3 is 9.47 Å². The molecule has 4 heteroatoms. The van der Waals surface area contributed by atoms with Crippen molar-refractivity contribution in [2.75, 3.05) is 13.2 Å². The van der Waals surface area contributed by atoms with Gasteiger partial charge in [-0.15, -0.1) is 0 Å². The largest absolute Gasteiger partial charge is 0.348 e. The van der Waals surface area contributed by atoms with Crippen molar-refractivity contribution in [1.82, 2.24) is 0 Å². The van der Waals surface area contributed by atoms with Crippen LogP contribution in [0.2, 0.25) is 0 Å². The summed E-state index contributed by atoms with van der Waals surface area (Å²) < 4.78 is 26.7. The van der Waals surface area contributed by atoms with Gasteiger partial charge in [-0.3, -0.25) is 0 Å². The molecular formula is C16H16BrFO2. The smallest absolute Gasteiger partial charge is 0.168 e. The Balaban J connectivity index is 1.70. The van der Waals surface area contributed by atoms with E-state index in [9.17, 15) is 4.39 Å². The highest BCUT2D eigenvalue weighted by molar-refractivity contribution is 9.11. The molecule has 4 rings (SSSR count). The molecule has 1 aromatic carbocycles. The van der Waals surface area contributed by atoms with Crippen LogP contribution >= 0.6 is 15.9 Å². The highest BCUT2D eigenvalue weighted by atomic mass is 79.9. The molecule has 1 aliphatic heterocycles. The normalized spacial score (nSPS) is 26.0. The molecule has 0 atom stereocenters. The summed E-state index contributed by atoms with van der Waals surface area (Å²) in [7, 11) is 0. The van der Waals surface area contributed by atoms with Crippen LogP contribution in [0.25, 0.3) is 6.08 Å². The first-order chi connectivity index (χ1) is 9.65. The van der Waals surface area contributed by atoms with Crippen LogP contribution in [0.3, 0.4) is 0 Å². The molecule has 1 saturated carbocycles. The fraction of sp³-hybridized carbons (Fsp3) is 0.500. The highest BCUT2D eigenvalue weighted by Crippen LogP contribution is 2.56. The second-order valence-corrected chi connectivity index (χ2v) is 6.74. The highest BCUT2D eigenvalue weighted by Gasteiger charge is 2.50.